The first-order chi connectivity index (χ1) is 16.9. The van der Waals surface area contributed by atoms with Crippen LogP contribution in [0.4, 0.5) is 10.6 Å². The highest BCUT2D eigenvalue weighted by Crippen LogP contribution is 2.48. The zero-order valence-corrected chi connectivity index (χ0v) is 20.0. The number of imide groups is 2. The summed E-state index contributed by atoms with van der Waals surface area (Å²) in [6.07, 6.45) is 1.89. The van der Waals surface area contributed by atoms with E-state index >= 15 is 0 Å². The van der Waals surface area contributed by atoms with Crippen LogP contribution < -0.4 is 10.2 Å². The molecule has 7 nitrogen and oxygen atoms in total. The number of piperidine rings is 1. The first-order valence-corrected chi connectivity index (χ1v) is 12.2. The summed E-state index contributed by atoms with van der Waals surface area (Å²) in [5.41, 5.74) is 2.38. The van der Waals surface area contributed by atoms with Gasteiger partial charge in [-0.2, -0.15) is 0 Å². The molecule has 1 aromatic heterocycles. The molecule has 4 heterocycles. The topological polar surface area (TPSA) is 82.6 Å². The largest absolute Gasteiger partial charge is 0.352 e. The van der Waals surface area contributed by atoms with Crippen LogP contribution in [0, 0.1) is 18.3 Å². The number of nitrogens with one attached hydrogen (secondary N) is 1. The number of carbonyl (C=O) groups is 3. The zero-order chi connectivity index (χ0) is 24.3. The van der Waals surface area contributed by atoms with E-state index in [1.165, 1.54) is 4.90 Å². The van der Waals surface area contributed by atoms with Crippen LogP contribution in [-0.4, -0.2) is 40.3 Å². The van der Waals surface area contributed by atoms with Crippen molar-refractivity contribution in [2.24, 2.45) is 11.3 Å². The van der Waals surface area contributed by atoms with Gasteiger partial charge in [0.2, 0.25) is 11.8 Å². The molecular weight excluding hydrogens is 440 g/mol. The Morgan fingerprint density at radius 2 is 1.89 bits per heavy atom. The Labute approximate surface area is 204 Å². The molecule has 0 saturated carbocycles. The van der Waals surface area contributed by atoms with E-state index in [1.807, 2.05) is 49.4 Å². The van der Waals surface area contributed by atoms with Crippen molar-refractivity contribution in [1.82, 2.24) is 15.2 Å². The third kappa shape index (κ3) is 3.32. The lowest BCUT2D eigenvalue weighted by molar-refractivity contribution is -0.154. The van der Waals surface area contributed by atoms with E-state index in [1.54, 1.807) is 0 Å². The first kappa shape index (κ1) is 21.8. The van der Waals surface area contributed by atoms with Gasteiger partial charge in [0.1, 0.15) is 5.82 Å². The summed E-state index contributed by atoms with van der Waals surface area (Å²) in [5, 5.41) is 3.54. The fourth-order valence-electron chi connectivity index (χ4n) is 6.05. The number of barbiturate groups is 1. The number of aryl methyl sites for hydroxylation is 1. The number of amides is 4. The minimum absolute atomic E-state index is 0.130. The average molecular weight is 469 g/mol. The zero-order valence-electron chi connectivity index (χ0n) is 20.0. The van der Waals surface area contributed by atoms with E-state index < -0.39 is 23.3 Å². The SMILES string of the molecule is Cc1ccc2nc3c(cc2c1)C[C@]1(C(=O)NC(=O)N(Cc2ccccc2)C1=O)[C@H]1C[C@H](C)CCN31. The Kier molecular flexibility index (Phi) is 4.91. The third-order valence-corrected chi connectivity index (χ3v) is 7.88. The predicted molar refractivity (Wildman–Crippen MR) is 133 cm³/mol. The molecule has 3 aromatic rings. The molecule has 4 amide bonds. The molecule has 0 bridgehead atoms. The standard InChI is InChI=1S/C28H28N4O3/c1-17-8-9-22-20(12-17)14-21-15-28(23-13-18(2)10-11-31(23)24(21)29-22)25(33)30-27(35)32(26(28)34)16-19-6-4-3-5-7-19/h3-9,12,14,18,23H,10-11,13,15-16H2,1-2H3,(H,30,33,35)/t18-,23-,28-/m1/s1. The number of rotatable bonds is 2. The lowest BCUT2D eigenvalue weighted by Gasteiger charge is -2.54. The van der Waals surface area contributed by atoms with Gasteiger partial charge in [-0.15, -0.1) is 0 Å². The molecule has 0 unspecified atom stereocenters. The van der Waals surface area contributed by atoms with Crippen molar-refractivity contribution in [3.63, 3.8) is 0 Å². The van der Waals surface area contributed by atoms with Crippen molar-refractivity contribution >= 4 is 34.6 Å². The molecule has 7 heteroatoms. The summed E-state index contributed by atoms with van der Waals surface area (Å²) in [6, 6.07) is 16.6. The summed E-state index contributed by atoms with van der Waals surface area (Å²) in [6.45, 7) is 5.05. The second-order valence-electron chi connectivity index (χ2n) is 10.3. The highest BCUT2D eigenvalue weighted by molar-refractivity contribution is 6.20. The van der Waals surface area contributed by atoms with Crippen molar-refractivity contribution < 1.29 is 14.4 Å². The summed E-state index contributed by atoms with van der Waals surface area (Å²) in [7, 11) is 0. The van der Waals surface area contributed by atoms with E-state index in [9.17, 15) is 14.4 Å². The van der Waals surface area contributed by atoms with Crippen LogP contribution in [0.15, 0.2) is 54.6 Å². The molecule has 1 spiro atoms. The molecule has 3 atom stereocenters. The van der Waals surface area contributed by atoms with E-state index in [0.717, 1.165) is 46.4 Å². The number of urea groups is 1. The van der Waals surface area contributed by atoms with Crippen LogP contribution in [0.5, 0.6) is 0 Å². The van der Waals surface area contributed by atoms with Crippen LogP contribution in [0.25, 0.3) is 10.9 Å². The van der Waals surface area contributed by atoms with Crippen molar-refractivity contribution in [2.45, 2.75) is 45.7 Å². The Bertz CT molecular complexity index is 1370. The molecule has 178 valence electrons. The van der Waals surface area contributed by atoms with Crippen LogP contribution in [0.2, 0.25) is 0 Å². The number of carbonyl (C=O) groups excluding carboxylic acids is 3. The minimum atomic E-state index is -1.37. The van der Waals surface area contributed by atoms with Gasteiger partial charge in [0.15, 0.2) is 5.41 Å². The molecule has 3 aliphatic heterocycles. The number of hydrogen-bond donors (Lipinski definition) is 1. The van der Waals surface area contributed by atoms with Crippen LogP contribution >= 0.6 is 0 Å². The fourth-order valence-corrected chi connectivity index (χ4v) is 6.05. The van der Waals surface area contributed by atoms with Gasteiger partial charge in [-0.1, -0.05) is 48.9 Å². The number of benzene rings is 2. The van der Waals surface area contributed by atoms with Crippen LogP contribution in [-0.2, 0) is 22.6 Å². The Morgan fingerprint density at radius 1 is 1.09 bits per heavy atom. The van der Waals surface area contributed by atoms with Crippen molar-refractivity contribution in [2.75, 3.05) is 11.4 Å². The van der Waals surface area contributed by atoms with Gasteiger partial charge in [-0.25, -0.2) is 9.78 Å². The molecular formula is C28H28N4O3. The minimum Gasteiger partial charge on any atom is -0.352 e. The number of nitrogens with zero attached hydrogens (tertiary/aromatic N) is 3. The molecule has 2 fully saturated rings. The molecule has 3 aliphatic rings. The number of aromatic nitrogens is 1. The summed E-state index contributed by atoms with van der Waals surface area (Å²) >= 11 is 0. The summed E-state index contributed by atoms with van der Waals surface area (Å²) < 4.78 is 0. The van der Waals surface area contributed by atoms with Crippen LogP contribution in [0.1, 0.15) is 36.5 Å². The number of pyridine rings is 1. The quantitative estimate of drug-likeness (QED) is 0.576. The molecule has 2 aromatic carbocycles. The second-order valence-corrected chi connectivity index (χ2v) is 10.3. The van der Waals surface area contributed by atoms with E-state index in [4.69, 9.17) is 4.98 Å². The van der Waals surface area contributed by atoms with Crippen LogP contribution in [0.3, 0.4) is 0 Å². The Morgan fingerprint density at radius 3 is 2.69 bits per heavy atom. The van der Waals surface area contributed by atoms with Crippen molar-refractivity contribution in [3.05, 3.63) is 71.3 Å². The van der Waals surface area contributed by atoms with E-state index in [0.29, 0.717) is 12.3 Å². The van der Waals surface area contributed by atoms with Gasteiger partial charge in [-0.3, -0.25) is 19.8 Å². The monoisotopic (exact) mass is 468 g/mol. The van der Waals surface area contributed by atoms with E-state index in [-0.39, 0.29) is 19.0 Å². The maximum atomic E-state index is 14.2. The maximum absolute atomic E-state index is 14.2. The average Bonchev–Trinajstić information content (AvgIpc) is 2.84. The van der Waals surface area contributed by atoms with Gasteiger partial charge in [0.25, 0.3) is 0 Å². The molecule has 0 radical (unpaired) electrons. The molecule has 2 saturated heterocycles. The summed E-state index contributed by atoms with van der Waals surface area (Å²) in [5.74, 6) is 0.319. The number of anilines is 1. The number of fused-ring (bicyclic) bond motifs is 5. The normalized spacial score (nSPS) is 26.1. The summed E-state index contributed by atoms with van der Waals surface area (Å²) in [4.78, 5) is 49.1. The van der Waals surface area contributed by atoms with Gasteiger partial charge in [0, 0.05) is 18.4 Å². The maximum Gasteiger partial charge on any atom is 0.331 e. The molecule has 6 rings (SSSR count). The smallest absolute Gasteiger partial charge is 0.331 e. The molecule has 1 N–H and O–H groups in total. The lowest BCUT2D eigenvalue weighted by atomic mass is 9.65. The molecule has 35 heavy (non-hydrogen) atoms. The van der Waals surface area contributed by atoms with Gasteiger partial charge < -0.3 is 4.90 Å². The fraction of sp³-hybridized carbons (Fsp3) is 0.357. The highest BCUT2D eigenvalue weighted by Gasteiger charge is 2.62. The number of hydrogen-bond acceptors (Lipinski definition) is 5. The lowest BCUT2D eigenvalue weighted by Crippen LogP contribution is -2.72. The van der Waals surface area contributed by atoms with Crippen molar-refractivity contribution in [3.8, 4) is 0 Å². The van der Waals surface area contributed by atoms with Gasteiger partial charge in [-0.05, 0) is 55.0 Å². The second kappa shape index (κ2) is 7.90. The van der Waals surface area contributed by atoms with Gasteiger partial charge in [0.05, 0.1) is 18.1 Å². The van der Waals surface area contributed by atoms with Gasteiger partial charge >= 0.3 is 6.03 Å². The van der Waals surface area contributed by atoms with E-state index in [2.05, 4.69) is 29.3 Å². The Balaban J connectivity index is 1.49. The first-order valence-electron chi connectivity index (χ1n) is 12.2. The Hall–Kier alpha value is -3.74. The van der Waals surface area contributed by atoms with Crippen molar-refractivity contribution in [1.29, 1.82) is 0 Å². The predicted octanol–water partition coefficient (Wildman–Crippen LogP) is 3.97. The highest BCUT2D eigenvalue weighted by atomic mass is 16.2. The molecule has 0 aliphatic carbocycles. The third-order valence-electron chi connectivity index (χ3n) is 7.88.